The summed E-state index contributed by atoms with van der Waals surface area (Å²) >= 11 is 0. The van der Waals surface area contributed by atoms with Crippen LogP contribution < -0.4 is 11.1 Å². The molecule has 0 heterocycles. The van der Waals surface area contributed by atoms with Crippen molar-refractivity contribution in [3.63, 3.8) is 0 Å². The molecule has 0 radical (unpaired) electrons. The monoisotopic (exact) mass is 484 g/mol. The van der Waals surface area contributed by atoms with E-state index in [2.05, 4.69) is 65.1 Å². The fourth-order valence-electron chi connectivity index (χ4n) is 4.15. The summed E-state index contributed by atoms with van der Waals surface area (Å²) in [5.74, 6) is -0.851. The number of nitrogens with one attached hydrogen (secondary N) is 1. The Bertz CT molecular complexity index is 914. The molecule has 1 aliphatic carbocycles. The van der Waals surface area contributed by atoms with E-state index in [0.29, 0.717) is 0 Å². The summed E-state index contributed by atoms with van der Waals surface area (Å²) in [5, 5.41) is 2.54. The number of carbonyl (C=O) groups excluding carboxylic acids is 2. The van der Waals surface area contributed by atoms with Crippen LogP contribution in [0, 0.1) is 5.41 Å². The van der Waals surface area contributed by atoms with Crippen LogP contribution in [0.5, 0.6) is 0 Å². The quantitative estimate of drug-likeness (QED) is 0.200. The molecule has 0 saturated carbocycles. The van der Waals surface area contributed by atoms with Gasteiger partial charge in [-0.15, -0.1) is 0 Å². The maximum absolute atomic E-state index is 12.0. The highest BCUT2D eigenvalue weighted by molar-refractivity contribution is 5.86. The molecule has 0 aromatic rings. The third-order valence-electron chi connectivity index (χ3n) is 6.96. The van der Waals surface area contributed by atoms with E-state index in [4.69, 9.17) is 10.5 Å². The van der Waals surface area contributed by atoms with Crippen molar-refractivity contribution >= 4 is 11.9 Å². The zero-order valence-electron chi connectivity index (χ0n) is 23.5. The lowest BCUT2D eigenvalue weighted by Crippen LogP contribution is -2.46. The first-order valence-corrected chi connectivity index (χ1v) is 12.9. The first-order valence-electron chi connectivity index (χ1n) is 12.9. The van der Waals surface area contributed by atoms with Gasteiger partial charge >= 0.3 is 5.97 Å². The minimum Gasteiger partial charge on any atom is -0.460 e. The zero-order chi connectivity index (χ0) is 26.8. The van der Waals surface area contributed by atoms with Gasteiger partial charge in [0.1, 0.15) is 12.6 Å². The summed E-state index contributed by atoms with van der Waals surface area (Å²) in [7, 11) is 0. The largest absolute Gasteiger partial charge is 0.460 e. The highest BCUT2D eigenvalue weighted by Crippen LogP contribution is 2.41. The molecule has 3 N–H and O–H groups in total. The van der Waals surface area contributed by atoms with Gasteiger partial charge in [-0.25, -0.2) is 4.79 Å². The number of hydrogen-bond acceptors (Lipinski definition) is 4. The molecule has 5 nitrogen and oxygen atoms in total. The Kier molecular flexibility index (Phi) is 12.5. The number of unbranched alkanes of at least 4 members (excludes halogenated alkanes) is 1. The lowest BCUT2D eigenvalue weighted by Gasteiger charge is -2.33. The average molecular weight is 485 g/mol. The van der Waals surface area contributed by atoms with Crippen LogP contribution in [0.2, 0.25) is 0 Å². The standard InChI is InChI=1S/C30H48N2O3/c1-20(22(3)16-18-35-29(34)26(7)32-28(33)25(6)31)13-10-11-14-21(2)24(5)19-27-23(4)15-12-17-30(27,8)9/h13-14,16,19,25-26H,10-12,15,17-18,31H2,1-9H3,(H,32,33)/t25-,26-/m0/s1. The minimum absolute atomic E-state index is 0.169. The Morgan fingerprint density at radius 2 is 1.54 bits per heavy atom. The molecule has 196 valence electrons. The molecular formula is C30H48N2O3. The molecule has 0 bridgehead atoms. The molecule has 0 aliphatic heterocycles. The van der Waals surface area contributed by atoms with Crippen molar-refractivity contribution in [2.24, 2.45) is 11.1 Å². The van der Waals surface area contributed by atoms with Crippen molar-refractivity contribution < 1.29 is 14.3 Å². The predicted molar refractivity (Wildman–Crippen MR) is 147 cm³/mol. The van der Waals surface area contributed by atoms with E-state index in [0.717, 1.165) is 18.4 Å². The van der Waals surface area contributed by atoms with Crippen molar-refractivity contribution in [1.82, 2.24) is 5.32 Å². The Labute approximate surface area is 213 Å². The van der Waals surface area contributed by atoms with Gasteiger partial charge in [0.15, 0.2) is 0 Å². The first kappa shape index (κ1) is 30.6. The SMILES string of the molecule is CC(=CCCC=C(C)C(C)=CC1=C(C)CCCC1(C)C)C(C)=CCOC(=O)[C@H](C)NC(=O)[C@H](C)N. The van der Waals surface area contributed by atoms with Crippen molar-refractivity contribution in [2.75, 3.05) is 6.61 Å². The second-order valence-corrected chi connectivity index (χ2v) is 10.6. The molecule has 1 rings (SSSR count). The van der Waals surface area contributed by atoms with Gasteiger partial charge < -0.3 is 15.8 Å². The maximum atomic E-state index is 12.0. The number of nitrogens with two attached hydrogens (primary N) is 1. The molecule has 0 aromatic heterocycles. The lowest BCUT2D eigenvalue weighted by molar-refractivity contribution is -0.146. The van der Waals surface area contributed by atoms with Gasteiger partial charge in [-0.05, 0) is 109 Å². The van der Waals surface area contributed by atoms with Crippen LogP contribution in [0.4, 0.5) is 0 Å². The summed E-state index contributed by atoms with van der Waals surface area (Å²) in [6, 6.07) is -1.39. The predicted octanol–water partition coefficient (Wildman–Crippen LogP) is 6.47. The Morgan fingerprint density at radius 3 is 2.09 bits per heavy atom. The Hall–Kier alpha value is -2.40. The number of carbonyl (C=O) groups is 2. The van der Waals surface area contributed by atoms with Crippen LogP contribution in [0.15, 0.2) is 57.7 Å². The van der Waals surface area contributed by atoms with Gasteiger partial charge in [0.2, 0.25) is 5.91 Å². The summed E-state index contributed by atoms with van der Waals surface area (Å²) in [5.41, 5.74) is 13.7. The van der Waals surface area contributed by atoms with Gasteiger partial charge in [0.05, 0.1) is 6.04 Å². The fourth-order valence-corrected chi connectivity index (χ4v) is 4.15. The topological polar surface area (TPSA) is 81.4 Å². The second kappa shape index (κ2) is 14.2. The van der Waals surface area contributed by atoms with Gasteiger partial charge in [0, 0.05) is 0 Å². The van der Waals surface area contributed by atoms with Crippen LogP contribution in [-0.2, 0) is 14.3 Å². The van der Waals surface area contributed by atoms with Crippen molar-refractivity contribution in [1.29, 1.82) is 0 Å². The average Bonchev–Trinajstić information content (AvgIpc) is 2.78. The van der Waals surface area contributed by atoms with E-state index in [9.17, 15) is 9.59 Å². The van der Waals surface area contributed by atoms with Gasteiger partial charge in [-0.1, -0.05) is 48.8 Å². The summed E-state index contributed by atoms with van der Waals surface area (Å²) in [6.07, 6.45) is 14.5. The molecule has 1 amide bonds. The van der Waals surface area contributed by atoms with Gasteiger partial charge in [-0.2, -0.15) is 0 Å². The van der Waals surface area contributed by atoms with E-state index in [1.165, 1.54) is 47.1 Å². The van der Waals surface area contributed by atoms with E-state index in [-0.39, 0.29) is 17.9 Å². The maximum Gasteiger partial charge on any atom is 0.328 e. The molecule has 0 aromatic carbocycles. The van der Waals surface area contributed by atoms with E-state index >= 15 is 0 Å². The van der Waals surface area contributed by atoms with E-state index in [1.807, 2.05) is 13.0 Å². The molecular weight excluding hydrogens is 436 g/mol. The molecule has 0 unspecified atom stereocenters. The van der Waals surface area contributed by atoms with E-state index < -0.39 is 18.1 Å². The zero-order valence-corrected chi connectivity index (χ0v) is 23.5. The normalized spacial score (nSPS) is 19.4. The lowest BCUT2D eigenvalue weighted by atomic mass is 9.72. The van der Waals surface area contributed by atoms with Crippen molar-refractivity contribution in [2.45, 2.75) is 107 Å². The number of allylic oxidation sites excluding steroid dienone is 9. The van der Waals surface area contributed by atoms with Crippen LogP contribution in [0.25, 0.3) is 0 Å². The number of ether oxygens (including phenoxy) is 1. The summed E-state index contributed by atoms with van der Waals surface area (Å²) in [6.45, 7) is 18.8. The molecule has 35 heavy (non-hydrogen) atoms. The number of hydrogen-bond donors (Lipinski definition) is 2. The third kappa shape index (κ3) is 10.4. The van der Waals surface area contributed by atoms with E-state index in [1.54, 1.807) is 13.8 Å². The van der Waals surface area contributed by atoms with Crippen LogP contribution in [0.3, 0.4) is 0 Å². The molecule has 0 fully saturated rings. The number of amides is 1. The molecule has 2 atom stereocenters. The third-order valence-corrected chi connectivity index (χ3v) is 6.96. The van der Waals surface area contributed by atoms with Crippen molar-refractivity contribution in [3.8, 4) is 0 Å². The Morgan fingerprint density at radius 1 is 1.00 bits per heavy atom. The van der Waals surface area contributed by atoms with Gasteiger partial charge in [-0.3, -0.25) is 4.79 Å². The van der Waals surface area contributed by atoms with Crippen LogP contribution >= 0.6 is 0 Å². The highest BCUT2D eigenvalue weighted by Gasteiger charge is 2.27. The number of rotatable bonds is 11. The summed E-state index contributed by atoms with van der Waals surface area (Å²) in [4.78, 5) is 23.6. The van der Waals surface area contributed by atoms with Crippen molar-refractivity contribution in [3.05, 3.63) is 57.7 Å². The Balaban J connectivity index is 2.59. The second-order valence-electron chi connectivity index (χ2n) is 10.6. The fraction of sp³-hybridized carbons (Fsp3) is 0.600. The molecule has 5 heteroatoms. The molecule has 0 spiro atoms. The number of esters is 1. The highest BCUT2D eigenvalue weighted by atomic mass is 16.5. The smallest absolute Gasteiger partial charge is 0.328 e. The molecule has 0 saturated heterocycles. The first-order chi connectivity index (χ1) is 16.3. The van der Waals surface area contributed by atoms with Gasteiger partial charge in [0.25, 0.3) is 0 Å². The minimum atomic E-state index is -0.726. The molecule has 1 aliphatic rings. The summed E-state index contributed by atoms with van der Waals surface area (Å²) < 4.78 is 5.26. The van der Waals surface area contributed by atoms with Crippen LogP contribution in [-0.4, -0.2) is 30.6 Å². The van der Waals surface area contributed by atoms with Crippen LogP contribution in [0.1, 0.15) is 94.4 Å².